The van der Waals surface area contributed by atoms with Gasteiger partial charge in [0.25, 0.3) is 0 Å². The highest BCUT2D eigenvalue weighted by Crippen LogP contribution is 2.31. The minimum absolute atomic E-state index is 0.206. The molecular formula is C17H21FN2O4. The molecule has 1 aromatic rings. The maximum absolute atomic E-state index is 13.6. The predicted octanol–water partition coefficient (Wildman–Crippen LogP) is 2.38. The minimum Gasteiger partial charge on any atom is -0.463 e. The number of nitrogens with one attached hydrogen (secondary N) is 1. The van der Waals surface area contributed by atoms with E-state index in [0.717, 1.165) is 0 Å². The van der Waals surface area contributed by atoms with Gasteiger partial charge in [0.1, 0.15) is 5.82 Å². The van der Waals surface area contributed by atoms with E-state index in [1.165, 1.54) is 30.2 Å². The van der Waals surface area contributed by atoms with Crippen molar-refractivity contribution in [2.75, 3.05) is 26.9 Å². The van der Waals surface area contributed by atoms with Gasteiger partial charge in [-0.05, 0) is 31.5 Å². The molecule has 2 amide bonds. The maximum atomic E-state index is 13.6. The van der Waals surface area contributed by atoms with Gasteiger partial charge in [-0.2, -0.15) is 0 Å². The SMILES string of the molecule is CCOC(=O)C1=C(C)N(CCOC)C(=O)NC1c1cccc(F)c1. The van der Waals surface area contributed by atoms with Gasteiger partial charge in [0.15, 0.2) is 0 Å². The molecule has 1 aromatic carbocycles. The summed E-state index contributed by atoms with van der Waals surface area (Å²) in [6.07, 6.45) is 0. The predicted molar refractivity (Wildman–Crippen MR) is 85.6 cm³/mol. The Balaban J connectivity index is 2.47. The van der Waals surface area contributed by atoms with Crippen LogP contribution < -0.4 is 5.32 Å². The summed E-state index contributed by atoms with van der Waals surface area (Å²) >= 11 is 0. The Bertz CT molecular complexity index is 660. The van der Waals surface area contributed by atoms with E-state index in [-0.39, 0.29) is 18.2 Å². The molecule has 130 valence electrons. The lowest BCUT2D eigenvalue weighted by Gasteiger charge is -2.35. The Morgan fingerprint density at radius 3 is 2.79 bits per heavy atom. The van der Waals surface area contributed by atoms with Crippen molar-refractivity contribution in [3.05, 3.63) is 46.9 Å². The molecule has 1 aliphatic rings. The van der Waals surface area contributed by atoms with Gasteiger partial charge in [-0.3, -0.25) is 4.90 Å². The first kappa shape index (κ1) is 17.9. The monoisotopic (exact) mass is 336 g/mol. The molecule has 0 saturated carbocycles. The molecule has 0 fully saturated rings. The Hall–Kier alpha value is -2.41. The molecule has 1 heterocycles. The molecular weight excluding hydrogens is 315 g/mol. The minimum atomic E-state index is -0.758. The number of esters is 1. The van der Waals surface area contributed by atoms with Crippen LogP contribution in [0.15, 0.2) is 35.5 Å². The average Bonchev–Trinajstić information content (AvgIpc) is 2.54. The maximum Gasteiger partial charge on any atom is 0.338 e. The number of carbonyl (C=O) groups excluding carboxylic acids is 2. The van der Waals surface area contributed by atoms with Crippen LogP contribution in [-0.4, -0.2) is 43.8 Å². The zero-order valence-electron chi connectivity index (χ0n) is 14.0. The molecule has 1 N–H and O–H groups in total. The van der Waals surface area contributed by atoms with Crippen LogP contribution in [0.3, 0.4) is 0 Å². The molecule has 7 heteroatoms. The molecule has 6 nitrogen and oxygen atoms in total. The van der Waals surface area contributed by atoms with E-state index in [1.54, 1.807) is 19.9 Å². The van der Waals surface area contributed by atoms with Crippen LogP contribution in [0.4, 0.5) is 9.18 Å². The molecule has 0 saturated heterocycles. The summed E-state index contributed by atoms with van der Waals surface area (Å²) in [6.45, 7) is 4.21. The number of carbonyl (C=O) groups is 2. The lowest BCUT2D eigenvalue weighted by molar-refractivity contribution is -0.139. The van der Waals surface area contributed by atoms with Gasteiger partial charge >= 0.3 is 12.0 Å². The highest BCUT2D eigenvalue weighted by molar-refractivity contribution is 5.95. The van der Waals surface area contributed by atoms with Crippen LogP contribution >= 0.6 is 0 Å². The topological polar surface area (TPSA) is 67.9 Å². The molecule has 0 bridgehead atoms. The van der Waals surface area contributed by atoms with Crippen molar-refractivity contribution in [3.63, 3.8) is 0 Å². The molecule has 1 unspecified atom stereocenters. The normalized spacial score (nSPS) is 17.8. The number of hydrogen-bond acceptors (Lipinski definition) is 4. The van der Waals surface area contributed by atoms with E-state index < -0.39 is 17.8 Å². The first-order valence-corrected chi connectivity index (χ1v) is 7.69. The standard InChI is InChI=1S/C17H21FN2O4/c1-4-24-16(21)14-11(2)20(8-9-23-3)17(22)19-15(14)12-6-5-7-13(18)10-12/h5-7,10,15H,4,8-9H2,1-3H3,(H,19,22). The third-order valence-electron chi connectivity index (χ3n) is 3.79. The van der Waals surface area contributed by atoms with E-state index in [0.29, 0.717) is 24.4 Å². The highest BCUT2D eigenvalue weighted by Gasteiger charge is 2.36. The number of amides is 2. The quantitative estimate of drug-likeness (QED) is 0.810. The Morgan fingerprint density at radius 1 is 1.42 bits per heavy atom. The van der Waals surface area contributed by atoms with Gasteiger partial charge in [-0.1, -0.05) is 12.1 Å². The van der Waals surface area contributed by atoms with Gasteiger partial charge < -0.3 is 14.8 Å². The molecule has 0 aromatic heterocycles. The summed E-state index contributed by atoms with van der Waals surface area (Å²) < 4.78 is 23.7. The number of urea groups is 1. The van der Waals surface area contributed by atoms with Crippen molar-refractivity contribution >= 4 is 12.0 Å². The number of halogens is 1. The van der Waals surface area contributed by atoms with Gasteiger partial charge in [0, 0.05) is 12.8 Å². The number of hydrogen-bond donors (Lipinski definition) is 1. The number of methoxy groups -OCH3 is 1. The smallest absolute Gasteiger partial charge is 0.338 e. The van der Waals surface area contributed by atoms with Crippen LogP contribution in [0, 0.1) is 5.82 Å². The molecule has 24 heavy (non-hydrogen) atoms. The third kappa shape index (κ3) is 3.73. The van der Waals surface area contributed by atoms with E-state index in [2.05, 4.69) is 5.32 Å². The summed E-state index contributed by atoms with van der Waals surface area (Å²) in [4.78, 5) is 26.2. The van der Waals surface area contributed by atoms with Crippen LogP contribution in [-0.2, 0) is 14.3 Å². The number of nitrogens with zero attached hydrogens (tertiary/aromatic N) is 1. The number of benzene rings is 1. The highest BCUT2D eigenvalue weighted by atomic mass is 19.1. The lowest BCUT2D eigenvalue weighted by atomic mass is 9.95. The number of rotatable bonds is 6. The van der Waals surface area contributed by atoms with Gasteiger partial charge in [-0.15, -0.1) is 0 Å². The van der Waals surface area contributed by atoms with Gasteiger partial charge in [0.05, 0.1) is 31.4 Å². The van der Waals surface area contributed by atoms with Crippen LogP contribution in [0.25, 0.3) is 0 Å². The zero-order valence-corrected chi connectivity index (χ0v) is 14.0. The fourth-order valence-corrected chi connectivity index (χ4v) is 2.64. The Kier molecular flexibility index (Phi) is 5.92. The van der Waals surface area contributed by atoms with E-state index in [1.807, 2.05) is 0 Å². The molecule has 1 atom stereocenters. The largest absolute Gasteiger partial charge is 0.463 e. The van der Waals surface area contributed by atoms with Crippen molar-refractivity contribution in [2.45, 2.75) is 19.9 Å². The van der Waals surface area contributed by atoms with Crippen molar-refractivity contribution in [1.29, 1.82) is 0 Å². The molecule has 0 aliphatic carbocycles. The van der Waals surface area contributed by atoms with E-state index in [9.17, 15) is 14.0 Å². The van der Waals surface area contributed by atoms with E-state index in [4.69, 9.17) is 9.47 Å². The van der Waals surface area contributed by atoms with Gasteiger partial charge in [0.2, 0.25) is 0 Å². The first-order valence-electron chi connectivity index (χ1n) is 7.69. The second-order valence-electron chi connectivity index (χ2n) is 5.30. The van der Waals surface area contributed by atoms with Crippen LogP contribution in [0.1, 0.15) is 25.5 Å². The Labute approximate surface area is 140 Å². The van der Waals surface area contributed by atoms with Gasteiger partial charge in [-0.25, -0.2) is 14.0 Å². The van der Waals surface area contributed by atoms with Crippen molar-refractivity contribution in [2.24, 2.45) is 0 Å². The molecule has 2 rings (SSSR count). The van der Waals surface area contributed by atoms with Crippen molar-refractivity contribution < 1.29 is 23.5 Å². The third-order valence-corrected chi connectivity index (χ3v) is 3.79. The second-order valence-corrected chi connectivity index (χ2v) is 5.30. The summed E-state index contributed by atoms with van der Waals surface area (Å²) in [5.41, 5.74) is 1.25. The lowest BCUT2D eigenvalue weighted by Crippen LogP contribution is -2.49. The van der Waals surface area contributed by atoms with Crippen molar-refractivity contribution in [3.8, 4) is 0 Å². The van der Waals surface area contributed by atoms with Crippen molar-refractivity contribution in [1.82, 2.24) is 10.2 Å². The molecule has 0 radical (unpaired) electrons. The summed E-state index contributed by atoms with van der Waals surface area (Å²) in [5, 5.41) is 2.74. The zero-order chi connectivity index (χ0) is 17.7. The number of allylic oxidation sites excluding steroid dienone is 1. The van der Waals surface area contributed by atoms with Crippen LogP contribution in [0.2, 0.25) is 0 Å². The van der Waals surface area contributed by atoms with Crippen LogP contribution in [0.5, 0.6) is 0 Å². The number of ether oxygens (including phenoxy) is 2. The average molecular weight is 336 g/mol. The van der Waals surface area contributed by atoms with E-state index >= 15 is 0 Å². The fraction of sp³-hybridized carbons (Fsp3) is 0.412. The summed E-state index contributed by atoms with van der Waals surface area (Å²) in [7, 11) is 1.53. The first-order chi connectivity index (χ1) is 11.5. The molecule has 0 spiro atoms. The fourth-order valence-electron chi connectivity index (χ4n) is 2.64. The molecule has 1 aliphatic heterocycles. The summed E-state index contributed by atoms with van der Waals surface area (Å²) in [6, 6.07) is 4.66. The second kappa shape index (κ2) is 7.92. The summed E-state index contributed by atoms with van der Waals surface area (Å²) in [5.74, 6) is -0.976. The Morgan fingerprint density at radius 2 is 2.17 bits per heavy atom.